The van der Waals surface area contributed by atoms with Gasteiger partial charge in [-0.25, -0.2) is 43.9 Å². The molecule has 0 heterocycles. The molecule has 0 aromatic heterocycles. The molecular weight excluding hydrogens is 366 g/mol. The van der Waals surface area contributed by atoms with E-state index in [4.69, 9.17) is 0 Å². The van der Waals surface area contributed by atoms with Gasteiger partial charge in [0.15, 0.2) is 46.5 Å². The van der Waals surface area contributed by atoms with Gasteiger partial charge in [0, 0.05) is 0 Å². The molecule has 0 atom stereocenters. The van der Waals surface area contributed by atoms with E-state index < -0.39 is 79.7 Å². The highest BCUT2D eigenvalue weighted by molar-refractivity contribution is 7.99. The van der Waals surface area contributed by atoms with Gasteiger partial charge in [0.05, 0.1) is 9.79 Å². The number of rotatable bonds is 2. The fraction of sp³-hybridized carbons (Fsp3) is 0. The average Bonchev–Trinajstić information content (AvgIpc) is 2.54. The van der Waals surface area contributed by atoms with E-state index >= 15 is 0 Å². The van der Waals surface area contributed by atoms with E-state index in [0.29, 0.717) is 0 Å². The van der Waals surface area contributed by atoms with Gasteiger partial charge in [-0.05, 0) is 0 Å². The molecule has 0 radical (unpaired) electrons. The largest absolute Gasteiger partial charge is 0.202 e. The lowest BCUT2D eigenvalue weighted by Crippen LogP contribution is -2.06. The van der Waals surface area contributed by atoms with Crippen LogP contribution in [0.1, 0.15) is 0 Å². The van der Waals surface area contributed by atoms with Gasteiger partial charge >= 0.3 is 0 Å². The van der Waals surface area contributed by atoms with Crippen molar-refractivity contribution >= 4 is 11.8 Å². The topological polar surface area (TPSA) is 0 Å². The normalized spacial score (nSPS) is 11.2. The van der Waals surface area contributed by atoms with Crippen LogP contribution in [0.5, 0.6) is 0 Å². The minimum absolute atomic E-state index is 0.825. The van der Waals surface area contributed by atoms with Gasteiger partial charge in [-0.1, -0.05) is 11.8 Å². The van der Waals surface area contributed by atoms with E-state index in [1.807, 2.05) is 0 Å². The van der Waals surface area contributed by atoms with Crippen molar-refractivity contribution in [3.05, 3.63) is 58.2 Å². The lowest BCUT2D eigenvalue weighted by Gasteiger charge is -2.10. The standard InChI is InChI=1S/C12F10S/c13-1-3(15)7(19)11(8(20)4(1)16)23-12-9(21)5(17)2(14)6(18)10(12)22. The highest BCUT2D eigenvalue weighted by Gasteiger charge is 2.31. The van der Waals surface area contributed by atoms with Gasteiger partial charge in [-0.2, -0.15) is 0 Å². The van der Waals surface area contributed by atoms with Crippen LogP contribution in [0.3, 0.4) is 0 Å². The minimum atomic E-state index is -2.54. The van der Waals surface area contributed by atoms with Crippen LogP contribution in [-0.2, 0) is 0 Å². The SMILES string of the molecule is Fc1c(F)c(F)c(Sc2c(F)c(F)c(F)c(F)c2F)c(F)c1F. The van der Waals surface area contributed by atoms with E-state index in [1.165, 1.54) is 0 Å². The lowest BCUT2D eigenvalue weighted by atomic mass is 10.3. The molecule has 11 heteroatoms. The second kappa shape index (κ2) is 5.95. The van der Waals surface area contributed by atoms with Gasteiger partial charge in [-0.15, -0.1) is 0 Å². The second-order valence-electron chi connectivity index (χ2n) is 3.90. The Hall–Kier alpha value is -1.91. The summed E-state index contributed by atoms with van der Waals surface area (Å²) < 4.78 is 131. The lowest BCUT2D eigenvalue weighted by molar-refractivity contribution is 0.356. The Morgan fingerprint density at radius 1 is 0.304 bits per heavy atom. The second-order valence-corrected chi connectivity index (χ2v) is 4.92. The third kappa shape index (κ3) is 2.62. The van der Waals surface area contributed by atoms with Crippen LogP contribution in [0.25, 0.3) is 0 Å². The van der Waals surface area contributed by atoms with E-state index in [1.54, 1.807) is 0 Å². The molecular formula is C12F10S. The van der Waals surface area contributed by atoms with E-state index in [2.05, 4.69) is 0 Å². The summed E-state index contributed by atoms with van der Waals surface area (Å²) in [6.45, 7) is 0. The molecule has 0 aliphatic heterocycles. The first-order chi connectivity index (χ1) is 10.6. The number of halogens is 10. The molecule has 0 saturated heterocycles. The van der Waals surface area contributed by atoms with E-state index in [0.717, 1.165) is 0 Å². The fourth-order valence-electron chi connectivity index (χ4n) is 1.45. The first-order valence-electron chi connectivity index (χ1n) is 5.30. The van der Waals surface area contributed by atoms with Crippen LogP contribution >= 0.6 is 11.8 Å². The van der Waals surface area contributed by atoms with E-state index in [9.17, 15) is 43.9 Å². The number of hydrogen-bond donors (Lipinski definition) is 0. The predicted molar refractivity (Wildman–Crippen MR) is 56.6 cm³/mol. The molecule has 0 unspecified atom stereocenters. The highest BCUT2D eigenvalue weighted by Crippen LogP contribution is 2.39. The maximum atomic E-state index is 13.4. The first-order valence-corrected chi connectivity index (χ1v) is 6.11. The van der Waals surface area contributed by atoms with Gasteiger partial charge in [0.1, 0.15) is 0 Å². The third-order valence-electron chi connectivity index (χ3n) is 2.54. The monoisotopic (exact) mass is 366 g/mol. The predicted octanol–water partition coefficient (Wildman–Crippen LogP) is 5.23. The van der Waals surface area contributed by atoms with Crippen LogP contribution in [0.15, 0.2) is 9.79 Å². The Bertz CT molecular complexity index is 691. The molecule has 0 fully saturated rings. The zero-order valence-corrected chi connectivity index (χ0v) is 11.0. The van der Waals surface area contributed by atoms with Crippen LogP contribution < -0.4 is 0 Å². The van der Waals surface area contributed by atoms with Crippen molar-refractivity contribution in [3.63, 3.8) is 0 Å². The van der Waals surface area contributed by atoms with Gasteiger partial charge in [0.25, 0.3) is 0 Å². The summed E-state index contributed by atoms with van der Waals surface area (Å²) in [5.41, 5.74) is 0. The zero-order valence-electron chi connectivity index (χ0n) is 10.2. The van der Waals surface area contributed by atoms with Crippen LogP contribution in [0.4, 0.5) is 43.9 Å². The first kappa shape index (κ1) is 17.4. The van der Waals surface area contributed by atoms with Crippen molar-refractivity contribution < 1.29 is 43.9 Å². The van der Waals surface area contributed by atoms with Crippen LogP contribution in [-0.4, -0.2) is 0 Å². The van der Waals surface area contributed by atoms with Crippen molar-refractivity contribution in [3.8, 4) is 0 Å². The Morgan fingerprint density at radius 3 is 0.696 bits per heavy atom. The summed E-state index contributed by atoms with van der Waals surface area (Å²) in [4.78, 5) is -3.63. The van der Waals surface area contributed by atoms with Gasteiger partial charge < -0.3 is 0 Å². The quantitative estimate of drug-likeness (QED) is 0.399. The molecule has 0 spiro atoms. The molecule has 0 aliphatic rings. The average molecular weight is 366 g/mol. The van der Waals surface area contributed by atoms with Crippen LogP contribution in [0, 0.1) is 58.2 Å². The maximum absolute atomic E-state index is 13.4. The molecule has 2 aromatic carbocycles. The summed E-state index contributed by atoms with van der Waals surface area (Å²) in [6.07, 6.45) is 0. The van der Waals surface area contributed by atoms with Gasteiger partial charge in [-0.3, -0.25) is 0 Å². The van der Waals surface area contributed by atoms with Crippen molar-refractivity contribution in [2.45, 2.75) is 9.79 Å². The molecule has 0 amide bonds. The summed E-state index contributed by atoms with van der Waals surface area (Å²) >= 11 is -0.825. The van der Waals surface area contributed by atoms with Crippen molar-refractivity contribution in [2.75, 3.05) is 0 Å². The van der Waals surface area contributed by atoms with Crippen molar-refractivity contribution in [1.29, 1.82) is 0 Å². The maximum Gasteiger partial charge on any atom is 0.200 e. The Balaban J connectivity index is 2.71. The summed E-state index contributed by atoms with van der Waals surface area (Å²) in [6, 6.07) is 0. The van der Waals surface area contributed by atoms with Crippen molar-refractivity contribution in [2.24, 2.45) is 0 Å². The molecule has 124 valence electrons. The fourth-order valence-corrected chi connectivity index (χ4v) is 2.37. The summed E-state index contributed by atoms with van der Waals surface area (Å²) in [5, 5.41) is 0. The smallest absolute Gasteiger partial charge is 0.200 e. The van der Waals surface area contributed by atoms with Crippen molar-refractivity contribution in [1.82, 2.24) is 0 Å². The number of hydrogen-bond acceptors (Lipinski definition) is 1. The molecule has 2 aromatic rings. The molecule has 2 rings (SSSR count). The Kier molecular flexibility index (Phi) is 4.51. The molecule has 0 saturated carbocycles. The molecule has 23 heavy (non-hydrogen) atoms. The van der Waals surface area contributed by atoms with Gasteiger partial charge in [0.2, 0.25) is 11.6 Å². The molecule has 0 nitrogen and oxygen atoms in total. The molecule has 0 N–H and O–H groups in total. The summed E-state index contributed by atoms with van der Waals surface area (Å²) in [5.74, 6) is -24.7. The van der Waals surface area contributed by atoms with Crippen LogP contribution in [0.2, 0.25) is 0 Å². The molecule has 0 aliphatic carbocycles. The third-order valence-corrected chi connectivity index (χ3v) is 3.67. The van der Waals surface area contributed by atoms with E-state index in [-0.39, 0.29) is 0 Å². The summed E-state index contributed by atoms with van der Waals surface area (Å²) in [7, 11) is 0. The minimum Gasteiger partial charge on any atom is -0.202 e. The Labute approximate surface area is 124 Å². The number of benzene rings is 2. The molecule has 0 bridgehead atoms. The highest BCUT2D eigenvalue weighted by atomic mass is 32.2. The Morgan fingerprint density at radius 2 is 0.478 bits per heavy atom. The zero-order chi connectivity index (χ0) is 17.6.